The van der Waals surface area contributed by atoms with Crippen molar-refractivity contribution >= 4 is 29.1 Å². The molecule has 110 valence electrons. The lowest BCUT2D eigenvalue weighted by molar-refractivity contribution is 0.0698. The number of benzene rings is 1. The number of carboxylic acids is 1. The molecular weight excluding hydrogens is 274 g/mol. The minimum atomic E-state index is -0.984. The average molecular weight is 295 g/mol. The molecule has 20 heavy (non-hydrogen) atoms. The molecule has 0 saturated carbocycles. The number of rotatable bonds is 5. The van der Waals surface area contributed by atoms with E-state index in [1.807, 2.05) is 24.8 Å². The highest BCUT2D eigenvalue weighted by Gasteiger charge is 2.12. The summed E-state index contributed by atoms with van der Waals surface area (Å²) in [6, 6.07) is 3.50. The van der Waals surface area contributed by atoms with E-state index in [4.69, 9.17) is 10.8 Å². The second kappa shape index (κ2) is 6.85. The molecule has 1 aromatic rings. The van der Waals surface area contributed by atoms with Crippen LogP contribution in [0.1, 0.15) is 15.9 Å². The zero-order valence-corrected chi connectivity index (χ0v) is 12.5. The minimum Gasteiger partial charge on any atom is -0.478 e. The number of carboxylic acid groups (broad SMARTS) is 1. The van der Waals surface area contributed by atoms with Crippen LogP contribution in [0.5, 0.6) is 0 Å². The van der Waals surface area contributed by atoms with Crippen LogP contribution in [-0.4, -0.2) is 53.7 Å². The van der Waals surface area contributed by atoms with Crippen molar-refractivity contribution < 1.29 is 9.90 Å². The third kappa shape index (κ3) is 3.80. The molecule has 1 aromatic carbocycles. The van der Waals surface area contributed by atoms with Crippen LogP contribution in [0.4, 0.5) is 11.4 Å². The lowest BCUT2D eigenvalue weighted by Gasteiger charge is -2.26. The Morgan fingerprint density at radius 1 is 1.45 bits per heavy atom. The molecule has 2 rings (SSSR count). The van der Waals surface area contributed by atoms with Gasteiger partial charge in [-0.15, -0.1) is 0 Å². The normalized spacial score (nSPS) is 16.1. The van der Waals surface area contributed by atoms with E-state index in [-0.39, 0.29) is 5.56 Å². The summed E-state index contributed by atoms with van der Waals surface area (Å²) in [5.74, 6) is 1.41. The molecule has 6 heteroatoms. The molecule has 5 nitrogen and oxygen atoms in total. The number of aromatic carboxylic acids is 1. The van der Waals surface area contributed by atoms with Gasteiger partial charge in [0.15, 0.2) is 0 Å². The van der Waals surface area contributed by atoms with E-state index in [0.29, 0.717) is 5.69 Å². The van der Waals surface area contributed by atoms with E-state index in [9.17, 15) is 4.79 Å². The molecule has 0 bridgehead atoms. The van der Waals surface area contributed by atoms with Gasteiger partial charge in [0.05, 0.1) is 5.56 Å². The molecule has 0 amide bonds. The maximum Gasteiger partial charge on any atom is 0.337 e. The molecule has 0 radical (unpaired) electrons. The Morgan fingerprint density at radius 3 is 2.80 bits per heavy atom. The Bertz CT molecular complexity index is 488. The molecule has 1 fully saturated rings. The zero-order chi connectivity index (χ0) is 14.5. The van der Waals surface area contributed by atoms with Crippen LogP contribution in [-0.2, 0) is 0 Å². The van der Waals surface area contributed by atoms with Gasteiger partial charge in [-0.3, -0.25) is 4.90 Å². The molecule has 4 N–H and O–H groups in total. The topological polar surface area (TPSA) is 78.6 Å². The number of hydrogen-bond acceptors (Lipinski definition) is 5. The van der Waals surface area contributed by atoms with E-state index in [0.717, 1.165) is 37.4 Å². The number of nitrogen functional groups attached to an aromatic ring is 1. The van der Waals surface area contributed by atoms with Gasteiger partial charge in [-0.2, -0.15) is 11.8 Å². The van der Waals surface area contributed by atoms with Crippen LogP contribution in [0.15, 0.2) is 12.1 Å². The fraction of sp³-hybridized carbons (Fsp3) is 0.500. The van der Waals surface area contributed by atoms with Crippen LogP contribution >= 0.6 is 11.8 Å². The van der Waals surface area contributed by atoms with Crippen LogP contribution in [0, 0.1) is 6.92 Å². The Morgan fingerprint density at radius 2 is 2.15 bits per heavy atom. The van der Waals surface area contributed by atoms with Gasteiger partial charge in [0.1, 0.15) is 0 Å². The second-order valence-electron chi connectivity index (χ2n) is 4.94. The molecule has 1 aliphatic heterocycles. The van der Waals surface area contributed by atoms with Crippen molar-refractivity contribution in [3.8, 4) is 0 Å². The van der Waals surface area contributed by atoms with Crippen LogP contribution in [0.3, 0.4) is 0 Å². The maximum absolute atomic E-state index is 11.1. The lowest BCUT2D eigenvalue weighted by Crippen LogP contribution is -2.36. The van der Waals surface area contributed by atoms with Crippen molar-refractivity contribution in [1.82, 2.24) is 4.90 Å². The average Bonchev–Trinajstić information content (AvgIpc) is 2.43. The quantitative estimate of drug-likeness (QED) is 0.718. The minimum absolute atomic E-state index is 0.168. The van der Waals surface area contributed by atoms with E-state index < -0.39 is 5.97 Å². The van der Waals surface area contributed by atoms with Gasteiger partial charge >= 0.3 is 5.97 Å². The van der Waals surface area contributed by atoms with Gasteiger partial charge in [-0.1, -0.05) is 0 Å². The van der Waals surface area contributed by atoms with Gasteiger partial charge in [0, 0.05) is 49.1 Å². The van der Waals surface area contributed by atoms with Crippen molar-refractivity contribution in [1.29, 1.82) is 0 Å². The van der Waals surface area contributed by atoms with Crippen LogP contribution in [0.25, 0.3) is 0 Å². The molecule has 1 saturated heterocycles. The summed E-state index contributed by atoms with van der Waals surface area (Å²) in [5.41, 5.74) is 7.90. The summed E-state index contributed by atoms with van der Waals surface area (Å²) in [4.78, 5) is 13.6. The van der Waals surface area contributed by atoms with Crippen molar-refractivity contribution in [2.24, 2.45) is 0 Å². The summed E-state index contributed by atoms with van der Waals surface area (Å²) < 4.78 is 0. The number of aryl methyl sites for hydroxylation is 1. The summed E-state index contributed by atoms with van der Waals surface area (Å²) >= 11 is 2.00. The number of nitrogens with one attached hydrogen (secondary N) is 1. The number of nitrogens with zero attached hydrogens (tertiary/aromatic N) is 1. The zero-order valence-electron chi connectivity index (χ0n) is 11.7. The van der Waals surface area contributed by atoms with Gasteiger partial charge in [-0.05, 0) is 24.6 Å². The van der Waals surface area contributed by atoms with Crippen molar-refractivity contribution in [2.75, 3.05) is 48.7 Å². The second-order valence-corrected chi connectivity index (χ2v) is 6.17. The number of carbonyl (C=O) groups is 1. The fourth-order valence-electron chi connectivity index (χ4n) is 2.26. The van der Waals surface area contributed by atoms with E-state index >= 15 is 0 Å². The number of anilines is 2. The predicted octanol–water partition coefficient (Wildman–Crippen LogP) is 1.74. The maximum atomic E-state index is 11.1. The molecule has 0 aliphatic carbocycles. The molecule has 0 spiro atoms. The van der Waals surface area contributed by atoms with Gasteiger partial charge in [0.25, 0.3) is 0 Å². The summed E-state index contributed by atoms with van der Waals surface area (Å²) in [6.45, 7) is 5.88. The standard InChI is InChI=1S/C14H21N3O2S/c1-10-8-11(9-12(13(10)15)14(18)19)16-2-3-17-4-6-20-7-5-17/h8-9,16H,2-7,15H2,1H3,(H,18,19). The highest BCUT2D eigenvalue weighted by atomic mass is 32.2. The molecular formula is C14H21N3O2S. The first-order valence-corrected chi connectivity index (χ1v) is 7.91. The Hall–Kier alpha value is -1.40. The van der Waals surface area contributed by atoms with Crippen LogP contribution < -0.4 is 11.1 Å². The highest BCUT2D eigenvalue weighted by Crippen LogP contribution is 2.22. The molecule has 0 unspecified atom stereocenters. The van der Waals surface area contributed by atoms with E-state index in [2.05, 4.69) is 10.2 Å². The van der Waals surface area contributed by atoms with Gasteiger partial charge in [0.2, 0.25) is 0 Å². The number of hydrogen-bond donors (Lipinski definition) is 3. The lowest BCUT2D eigenvalue weighted by atomic mass is 10.1. The first kappa shape index (κ1) is 15.0. The summed E-state index contributed by atoms with van der Waals surface area (Å²) in [5, 5.41) is 12.4. The fourth-order valence-corrected chi connectivity index (χ4v) is 3.24. The Labute approximate surface area is 123 Å². The summed E-state index contributed by atoms with van der Waals surface area (Å²) in [7, 11) is 0. The van der Waals surface area contributed by atoms with Gasteiger partial charge in [-0.25, -0.2) is 4.79 Å². The monoisotopic (exact) mass is 295 g/mol. The molecule has 0 atom stereocenters. The molecule has 1 heterocycles. The molecule has 0 aromatic heterocycles. The third-order valence-corrected chi connectivity index (χ3v) is 4.42. The Kier molecular flexibility index (Phi) is 5.14. The Balaban J connectivity index is 1.93. The van der Waals surface area contributed by atoms with Crippen molar-refractivity contribution in [2.45, 2.75) is 6.92 Å². The highest BCUT2D eigenvalue weighted by molar-refractivity contribution is 7.99. The third-order valence-electron chi connectivity index (χ3n) is 3.48. The van der Waals surface area contributed by atoms with E-state index in [1.54, 1.807) is 6.07 Å². The first-order chi connectivity index (χ1) is 9.58. The summed E-state index contributed by atoms with van der Waals surface area (Å²) in [6.07, 6.45) is 0. The predicted molar refractivity (Wildman–Crippen MR) is 84.8 cm³/mol. The van der Waals surface area contributed by atoms with Crippen molar-refractivity contribution in [3.63, 3.8) is 0 Å². The SMILES string of the molecule is Cc1cc(NCCN2CCSCC2)cc(C(=O)O)c1N. The number of thioether (sulfide) groups is 1. The largest absolute Gasteiger partial charge is 0.478 e. The smallest absolute Gasteiger partial charge is 0.337 e. The van der Waals surface area contributed by atoms with Gasteiger partial charge < -0.3 is 16.2 Å². The number of nitrogens with two attached hydrogens (primary N) is 1. The van der Waals surface area contributed by atoms with E-state index in [1.165, 1.54) is 11.5 Å². The van der Waals surface area contributed by atoms with Crippen molar-refractivity contribution in [3.05, 3.63) is 23.3 Å². The molecule has 1 aliphatic rings. The van der Waals surface area contributed by atoms with Crippen LogP contribution in [0.2, 0.25) is 0 Å². The first-order valence-electron chi connectivity index (χ1n) is 6.75.